The summed E-state index contributed by atoms with van der Waals surface area (Å²) in [6.45, 7) is 6.15. The van der Waals surface area contributed by atoms with Crippen molar-refractivity contribution in [3.63, 3.8) is 0 Å². The van der Waals surface area contributed by atoms with Gasteiger partial charge in [0.15, 0.2) is 5.78 Å². The Morgan fingerprint density at radius 2 is 1.45 bits per heavy atom. The zero-order valence-corrected chi connectivity index (χ0v) is 15.3. The molecule has 0 bridgehead atoms. The van der Waals surface area contributed by atoms with E-state index < -0.39 is 23.5 Å². The molecule has 0 spiro atoms. The molecule has 2 rings (SSSR count). The Bertz CT molecular complexity index is 961. The van der Waals surface area contributed by atoms with Crippen molar-refractivity contribution < 1.29 is 38.8 Å². The molecule has 0 aliphatic heterocycles. The Labute approximate surface area is 166 Å². The summed E-state index contributed by atoms with van der Waals surface area (Å²) in [6.07, 6.45) is 1.94. The summed E-state index contributed by atoms with van der Waals surface area (Å²) in [5.74, 6) is -2.24. The number of esters is 2. The van der Waals surface area contributed by atoms with Crippen LogP contribution in [0.4, 0.5) is 0 Å². The molecule has 0 unspecified atom stereocenters. The standard InChI is InChI=1S/C21H18O8/c1-3-19(24)28-13-5-7-15(17(23)11-13)21(26)16-8-6-14(29-20(25)4-2)12-18(16)27-10-9-22/h3-8,11-12,22-23H,1-2,9-10H2. The lowest BCUT2D eigenvalue weighted by molar-refractivity contribution is -0.129. The van der Waals surface area contributed by atoms with Gasteiger partial charge in [-0.15, -0.1) is 0 Å². The van der Waals surface area contributed by atoms with E-state index in [1.807, 2.05) is 0 Å². The monoisotopic (exact) mass is 398 g/mol. The molecule has 8 heteroatoms. The van der Waals surface area contributed by atoms with E-state index in [9.17, 15) is 19.5 Å². The lowest BCUT2D eigenvalue weighted by Crippen LogP contribution is -2.10. The Morgan fingerprint density at radius 3 is 1.97 bits per heavy atom. The van der Waals surface area contributed by atoms with Crippen LogP contribution in [-0.2, 0) is 9.59 Å². The summed E-state index contributed by atoms with van der Waals surface area (Å²) in [4.78, 5) is 35.5. The normalized spacial score (nSPS) is 9.97. The predicted octanol–water partition coefficient (Wildman–Crippen LogP) is 2.18. The molecule has 2 N–H and O–H groups in total. The molecule has 29 heavy (non-hydrogen) atoms. The Morgan fingerprint density at radius 1 is 0.897 bits per heavy atom. The van der Waals surface area contributed by atoms with Crippen LogP contribution in [0.3, 0.4) is 0 Å². The second kappa shape index (κ2) is 9.86. The lowest BCUT2D eigenvalue weighted by Gasteiger charge is -2.13. The van der Waals surface area contributed by atoms with Crippen molar-refractivity contribution in [2.75, 3.05) is 13.2 Å². The van der Waals surface area contributed by atoms with E-state index >= 15 is 0 Å². The van der Waals surface area contributed by atoms with Crippen LogP contribution in [-0.4, -0.2) is 41.1 Å². The number of carbonyl (C=O) groups excluding carboxylic acids is 3. The fraction of sp³-hybridized carbons (Fsp3) is 0.0952. The summed E-state index contributed by atoms with van der Waals surface area (Å²) in [5, 5.41) is 19.2. The average molecular weight is 398 g/mol. The zero-order valence-electron chi connectivity index (χ0n) is 15.3. The Hall–Kier alpha value is -3.91. The van der Waals surface area contributed by atoms with Crippen molar-refractivity contribution in [3.05, 3.63) is 72.8 Å². The van der Waals surface area contributed by atoms with Crippen molar-refractivity contribution in [1.82, 2.24) is 0 Å². The molecule has 0 heterocycles. The molecular weight excluding hydrogens is 380 g/mol. The van der Waals surface area contributed by atoms with Crippen molar-refractivity contribution in [3.8, 4) is 23.0 Å². The SMILES string of the molecule is C=CC(=O)Oc1ccc(C(=O)c2ccc(OC(=O)C=C)cc2OCCO)c(O)c1. The molecular formula is C21H18O8. The highest BCUT2D eigenvalue weighted by Crippen LogP contribution is 2.31. The van der Waals surface area contributed by atoms with Gasteiger partial charge in [-0.1, -0.05) is 13.2 Å². The maximum Gasteiger partial charge on any atom is 0.335 e. The van der Waals surface area contributed by atoms with Gasteiger partial charge in [0, 0.05) is 24.3 Å². The minimum Gasteiger partial charge on any atom is -0.507 e. The largest absolute Gasteiger partial charge is 0.507 e. The molecule has 2 aromatic carbocycles. The number of aromatic hydroxyl groups is 1. The lowest BCUT2D eigenvalue weighted by atomic mass is 10.0. The summed E-state index contributed by atoms with van der Waals surface area (Å²) in [5.41, 5.74) is -0.0175. The van der Waals surface area contributed by atoms with Crippen molar-refractivity contribution >= 4 is 17.7 Å². The van der Waals surface area contributed by atoms with E-state index in [1.54, 1.807) is 0 Å². The maximum atomic E-state index is 12.9. The number of aliphatic hydroxyl groups excluding tert-OH is 1. The van der Waals surface area contributed by atoms with Gasteiger partial charge in [-0.05, 0) is 24.3 Å². The van der Waals surface area contributed by atoms with Crippen LogP contribution in [0.2, 0.25) is 0 Å². The third-order valence-electron chi connectivity index (χ3n) is 3.53. The molecule has 8 nitrogen and oxygen atoms in total. The number of ether oxygens (including phenoxy) is 3. The quantitative estimate of drug-likeness (QED) is 0.285. The van der Waals surface area contributed by atoms with Gasteiger partial charge in [-0.25, -0.2) is 9.59 Å². The van der Waals surface area contributed by atoms with Gasteiger partial charge in [-0.2, -0.15) is 0 Å². The number of phenolic OH excluding ortho intramolecular Hbond substituents is 1. The average Bonchev–Trinajstić information content (AvgIpc) is 2.71. The minimum atomic E-state index is -0.715. The molecule has 0 aromatic heterocycles. The highest BCUT2D eigenvalue weighted by Gasteiger charge is 2.20. The molecule has 0 saturated heterocycles. The first kappa shape index (κ1) is 21.4. The van der Waals surface area contributed by atoms with Gasteiger partial charge in [0.1, 0.15) is 29.6 Å². The predicted molar refractivity (Wildman–Crippen MR) is 102 cm³/mol. The van der Waals surface area contributed by atoms with Crippen LogP contribution in [0.5, 0.6) is 23.0 Å². The smallest absolute Gasteiger partial charge is 0.335 e. The molecule has 0 fully saturated rings. The van der Waals surface area contributed by atoms with Crippen LogP contribution < -0.4 is 14.2 Å². The van der Waals surface area contributed by atoms with Crippen LogP contribution >= 0.6 is 0 Å². The third kappa shape index (κ3) is 5.53. The summed E-state index contributed by atoms with van der Waals surface area (Å²) in [7, 11) is 0. The van der Waals surface area contributed by atoms with E-state index in [0.29, 0.717) is 0 Å². The van der Waals surface area contributed by atoms with E-state index in [-0.39, 0.29) is 41.6 Å². The molecule has 0 saturated carbocycles. The fourth-order valence-corrected chi connectivity index (χ4v) is 2.26. The zero-order chi connectivity index (χ0) is 21.4. The van der Waals surface area contributed by atoms with Crippen LogP contribution in [0.25, 0.3) is 0 Å². The molecule has 0 atom stereocenters. The summed E-state index contributed by atoms with van der Waals surface area (Å²) in [6, 6.07) is 7.77. The number of aliphatic hydroxyl groups is 1. The number of ketones is 1. The third-order valence-corrected chi connectivity index (χ3v) is 3.53. The molecule has 2 aromatic rings. The first-order valence-electron chi connectivity index (χ1n) is 8.33. The number of rotatable bonds is 9. The first-order chi connectivity index (χ1) is 13.9. The summed E-state index contributed by atoms with van der Waals surface area (Å²) < 4.78 is 15.2. The highest BCUT2D eigenvalue weighted by molar-refractivity contribution is 6.12. The van der Waals surface area contributed by atoms with Gasteiger partial charge in [0.05, 0.1) is 17.7 Å². The number of hydrogen-bond donors (Lipinski definition) is 2. The van der Waals surface area contributed by atoms with Gasteiger partial charge >= 0.3 is 11.9 Å². The van der Waals surface area contributed by atoms with Crippen molar-refractivity contribution in [2.24, 2.45) is 0 Å². The maximum absolute atomic E-state index is 12.9. The van der Waals surface area contributed by atoms with Crippen LogP contribution in [0.1, 0.15) is 15.9 Å². The van der Waals surface area contributed by atoms with Gasteiger partial charge in [0.25, 0.3) is 0 Å². The summed E-state index contributed by atoms with van der Waals surface area (Å²) >= 11 is 0. The van der Waals surface area contributed by atoms with E-state index in [2.05, 4.69) is 13.2 Å². The minimum absolute atomic E-state index is 0.0346. The molecule has 0 amide bonds. The second-order valence-electron chi connectivity index (χ2n) is 5.49. The van der Waals surface area contributed by atoms with Gasteiger partial charge in [-0.3, -0.25) is 4.79 Å². The Kier molecular flexibility index (Phi) is 7.27. The van der Waals surface area contributed by atoms with E-state index in [4.69, 9.17) is 19.3 Å². The Balaban J connectivity index is 2.37. The number of phenols is 1. The van der Waals surface area contributed by atoms with Crippen LogP contribution in [0.15, 0.2) is 61.7 Å². The van der Waals surface area contributed by atoms with E-state index in [0.717, 1.165) is 18.2 Å². The van der Waals surface area contributed by atoms with Crippen molar-refractivity contribution in [2.45, 2.75) is 0 Å². The first-order valence-corrected chi connectivity index (χ1v) is 8.33. The van der Waals surface area contributed by atoms with Gasteiger partial charge in [0.2, 0.25) is 0 Å². The van der Waals surface area contributed by atoms with Crippen LogP contribution in [0, 0.1) is 0 Å². The number of benzene rings is 2. The second-order valence-corrected chi connectivity index (χ2v) is 5.49. The molecule has 0 aliphatic carbocycles. The van der Waals surface area contributed by atoms with E-state index in [1.165, 1.54) is 30.3 Å². The molecule has 0 aliphatic rings. The van der Waals surface area contributed by atoms with Gasteiger partial charge < -0.3 is 24.4 Å². The molecule has 150 valence electrons. The fourth-order valence-electron chi connectivity index (χ4n) is 2.26. The topological polar surface area (TPSA) is 119 Å². The van der Waals surface area contributed by atoms with Crippen molar-refractivity contribution in [1.29, 1.82) is 0 Å². The number of hydrogen-bond acceptors (Lipinski definition) is 8. The molecule has 0 radical (unpaired) electrons. The number of carbonyl (C=O) groups is 3. The highest BCUT2D eigenvalue weighted by atomic mass is 16.5.